The molecule has 5 nitrogen and oxygen atoms in total. The SMILES string of the molecule is COc1cc(F)ccc1C(C)(C)CC(O)(Cc1cc2cc(C(=O)O)ccc2[nH]1)C(F)(F)F. The van der Waals surface area contributed by atoms with Crippen molar-refractivity contribution in [3.63, 3.8) is 0 Å². The van der Waals surface area contributed by atoms with Crippen LogP contribution in [0.4, 0.5) is 17.6 Å². The van der Waals surface area contributed by atoms with E-state index in [-0.39, 0.29) is 17.0 Å². The van der Waals surface area contributed by atoms with Crippen LogP contribution < -0.4 is 4.74 Å². The van der Waals surface area contributed by atoms with Crippen molar-refractivity contribution in [1.29, 1.82) is 0 Å². The first-order chi connectivity index (χ1) is 14.8. The summed E-state index contributed by atoms with van der Waals surface area (Å²) in [5.41, 5.74) is -3.47. The second-order valence-corrected chi connectivity index (χ2v) is 8.51. The number of fused-ring (bicyclic) bond motifs is 1. The summed E-state index contributed by atoms with van der Waals surface area (Å²) >= 11 is 0. The number of carboxylic acids is 1. The summed E-state index contributed by atoms with van der Waals surface area (Å²) in [6.07, 6.45) is -6.47. The third-order valence-electron chi connectivity index (χ3n) is 5.56. The number of aromatic nitrogens is 1. The zero-order valence-corrected chi connectivity index (χ0v) is 17.7. The minimum atomic E-state index is -4.97. The molecular weight excluding hydrogens is 430 g/mol. The number of alkyl halides is 3. The molecule has 0 saturated carbocycles. The van der Waals surface area contributed by atoms with Crippen molar-refractivity contribution in [2.45, 2.75) is 43.9 Å². The Morgan fingerprint density at radius 3 is 2.38 bits per heavy atom. The van der Waals surface area contributed by atoms with Crippen LogP contribution in [0.15, 0.2) is 42.5 Å². The Kier molecular flexibility index (Phi) is 5.99. The highest BCUT2D eigenvalue weighted by Gasteiger charge is 2.56. The van der Waals surface area contributed by atoms with Gasteiger partial charge in [-0.15, -0.1) is 0 Å². The van der Waals surface area contributed by atoms with Gasteiger partial charge in [-0.1, -0.05) is 19.9 Å². The number of aromatic amines is 1. The van der Waals surface area contributed by atoms with Crippen LogP contribution in [-0.2, 0) is 11.8 Å². The van der Waals surface area contributed by atoms with Crippen LogP contribution in [0.25, 0.3) is 10.9 Å². The Morgan fingerprint density at radius 2 is 1.78 bits per heavy atom. The maximum atomic E-state index is 14.1. The van der Waals surface area contributed by atoms with Gasteiger partial charge < -0.3 is 19.9 Å². The molecule has 9 heteroatoms. The van der Waals surface area contributed by atoms with E-state index in [4.69, 9.17) is 9.84 Å². The monoisotopic (exact) mass is 453 g/mol. The molecule has 3 N–H and O–H groups in total. The number of methoxy groups -OCH3 is 1. The third kappa shape index (κ3) is 4.57. The highest BCUT2D eigenvalue weighted by molar-refractivity contribution is 5.93. The van der Waals surface area contributed by atoms with Gasteiger partial charge in [0.25, 0.3) is 0 Å². The maximum absolute atomic E-state index is 14.1. The Hall–Kier alpha value is -3.07. The van der Waals surface area contributed by atoms with Crippen molar-refractivity contribution in [3.8, 4) is 5.75 Å². The number of aromatic carboxylic acids is 1. The number of nitrogens with one attached hydrogen (secondary N) is 1. The molecule has 1 unspecified atom stereocenters. The van der Waals surface area contributed by atoms with Crippen molar-refractivity contribution in [3.05, 3.63) is 65.1 Å². The molecule has 0 radical (unpaired) electrons. The van der Waals surface area contributed by atoms with Gasteiger partial charge in [-0.05, 0) is 42.2 Å². The molecule has 0 saturated heterocycles. The summed E-state index contributed by atoms with van der Waals surface area (Å²) in [5.74, 6) is -1.66. The quantitative estimate of drug-likeness (QED) is 0.429. The summed E-state index contributed by atoms with van der Waals surface area (Å²) in [7, 11) is 1.29. The molecule has 0 spiro atoms. The molecule has 1 aromatic heterocycles. The number of H-pyrrole nitrogens is 1. The molecule has 0 aliphatic heterocycles. The lowest BCUT2D eigenvalue weighted by atomic mass is 9.73. The second kappa shape index (κ2) is 8.12. The summed E-state index contributed by atoms with van der Waals surface area (Å²) in [6.45, 7) is 3.04. The van der Waals surface area contributed by atoms with Crippen molar-refractivity contribution >= 4 is 16.9 Å². The van der Waals surface area contributed by atoms with Crippen molar-refractivity contribution in [2.75, 3.05) is 7.11 Å². The number of aliphatic hydroxyl groups is 1. The smallest absolute Gasteiger partial charge is 0.417 e. The van der Waals surface area contributed by atoms with E-state index in [0.29, 0.717) is 16.5 Å². The number of hydrogen-bond donors (Lipinski definition) is 3. The molecule has 172 valence electrons. The predicted molar refractivity (Wildman–Crippen MR) is 111 cm³/mol. The maximum Gasteiger partial charge on any atom is 0.417 e. The average Bonchev–Trinajstić information content (AvgIpc) is 3.07. The fourth-order valence-electron chi connectivity index (χ4n) is 4.05. The van der Waals surface area contributed by atoms with Crippen molar-refractivity contribution in [2.24, 2.45) is 0 Å². The van der Waals surface area contributed by atoms with E-state index in [2.05, 4.69) is 4.98 Å². The van der Waals surface area contributed by atoms with E-state index >= 15 is 0 Å². The van der Waals surface area contributed by atoms with Gasteiger partial charge in [0.05, 0.1) is 12.7 Å². The van der Waals surface area contributed by atoms with Crippen molar-refractivity contribution < 1.29 is 37.3 Å². The second-order valence-electron chi connectivity index (χ2n) is 8.51. The van der Waals surface area contributed by atoms with Crippen LogP contribution >= 0.6 is 0 Å². The number of benzene rings is 2. The Balaban J connectivity index is 1.98. The molecule has 0 bridgehead atoms. The van der Waals surface area contributed by atoms with Gasteiger partial charge in [-0.2, -0.15) is 13.2 Å². The minimum absolute atomic E-state index is 0.00123. The van der Waals surface area contributed by atoms with Crippen LogP contribution in [0.5, 0.6) is 5.75 Å². The fourth-order valence-corrected chi connectivity index (χ4v) is 4.05. The third-order valence-corrected chi connectivity index (χ3v) is 5.56. The Labute approximate surface area is 181 Å². The van der Waals surface area contributed by atoms with Gasteiger partial charge in [-0.3, -0.25) is 0 Å². The lowest BCUT2D eigenvalue weighted by molar-refractivity contribution is -0.266. The highest BCUT2D eigenvalue weighted by atomic mass is 19.4. The first-order valence-corrected chi connectivity index (χ1v) is 9.74. The van der Waals surface area contributed by atoms with Crippen LogP contribution in [0.3, 0.4) is 0 Å². The highest BCUT2D eigenvalue weighted by Crippen LogP contribution is 2.45. The molecular formula is C23H23F4NO4. The van der Waals surface area contributed by atoms with Gasteiger partial charge in [0.1, 0.15) is 11.6 Å². The standard InChI is InChI=1S/C23H23F4NO4/c1-21(2,17-6-5-15(24)10-19(17)32-3)12-22(31,23(25,26)27)11-16-9-14-8-13(20(29)30)4-7-18(14)28-16/h4-10,28,31H,11-12H2,1-3H3,(H,29,30). The number of carbonyl (C=O) groups is 1. The van der Waals surface area contributed by atoms with Crippen LogP contribution in [-0.4, -0.2) is 40.1 Å². The zero-order valence-electron chi connectivity index (χ0n) is 17.7. The molecule has 3 rings (SSSR count). The van der Waals surface area contributed by atoms with E-state index in [9.17, 15) is 27.5 Å². The normalized spacial score (nSPS) is 14.4. The lowest BCUT2D eigenvalue weighted by Crippen LogP contribution is -2.51. The predicted octanol–water partition coefficient (Wildman–Crippen LogP) is 5.22. The Morgan fingerprint density at radius 1 is 1.09 bits per heavy atom. The van der Waals surface area contributed by atoms with E-state index in [1.54, 1.807) is 0 Å². The molecule has 1 heterocycles. The molecule has 0 aliphatic rings. The fraction of sp³-hybridized carbons (Fsp3) is 0.348. The van der Waals surface area contributed by atoms with Crippen LogP contribution in [0.2, 0.25) is 0 Å². The van der Waals surface area contributed by atoms with Crippen molar-refractivity contribution in [1.82, 2.24) is 4.98 Å². The van der Waals surface area contributed by atoms with Crippen LogP contribution in [0, 0.1) is 5.82 Å². The molecule has 0 fully saturated rings. The summed E-state index contributed by atoms with van der Waals surface area (Å²) in [5, 5.41) is 20.4. The van der Waals surface area contributed by atoms with Gasteiger partial charge in [0, 0.05) is 34.6 Å². The van der Waals surface area contributed by atoms with Gasteiger partial charge in [-0.25, -0.2) is 9.18 Å². The van der Waals surface area contributed by atoms with E-state index in [0.717, 1.165) is 12.1 Å². The number of carboxylic acid groups (broad SMARTS) is 1. The number of ether oxygens (including phenoxy) is 1. The number of rotatable bonds is 7. The summed E-state index contributed by atoms with van der Waals surface area (Å²) in [4.78, 5) is 14.0. The molecule has 3 aromatic rings. The number of halogens is 4. The lowest BCUT2D eigenvalue weighted by Gasteiger charge is -2.38. The van der Waals surface area contributed by atoms with Gasteiger partial charge >= 0.3 is 12.1 Å². The van der Waals surface area contributed by atoms with E-state index in [1.165, 1.54) is 51.3 Å². The molecule has 32 heavy (non-hydrogen) atoms. The molecule has 0 aliphatic carbocycles. The first-order valence-electron chi connectivity index (χ1n) is 9.74. The number of hydrogen-bond acceptors (Lipinski definition) is 3. The molecule has 1 atom stereocenters. The Bertz CT molecular complexity index is 1150. The van der Waals surface area contributed by atoms with Gasteiger partial charge in [0.15, 0.2) is 5.60 Å². The molecule has 2 aromatic carbocycles. The minimum Gasteiger partial charge on any atom is -0.496 e. The average molecular weight is 453 g/mol. The summed E-state index contributed by atoms with van der Waals surface area (Å²) < 4.78 is 60.9. The van der Waals surface area contributed by atoms with E-state index in [1.807, 2.05) is 0 Å². The largest absolute Gasteiger partial charge is 0.496 e. The topological polar surface area (TPSA) is 82.6 Å². The van der Waals surface area contributed by atoms with Crippen LogP contribution in [0.1, 0.15) is 41.9 Å². The molecule has 0 amide bonds. The van der Waals surface area contributed by atoms with E-state index < -0.39 is 41.8 Å². The zero-order chi connectivity index (χ0) is 23.9. The summed E-state index contributed by atoms with van der Waals surface area (Å²) in [6, 6.07) is 9.10. The van der Waals surface area contributed by atoms with Gasteiger partial charge in [0.2, 0.25) is 0 Å². The first kappa shape index (κ1) is 23.6.